The monoisotopic (exact) mass is 520 g/mol. The van der Waals surface area contributed by atoms with Crippen molar-refractivity contribution >= 4 is 38.9 Å². The third-order valence-corrected chi connectivity index (χ3v) is 7.59. The topological polar surface area (TPSA) is 84.9 Å². The molecule has 0 unspecified atom stereocenters. The number of rotatable bonds is 6. The number of hydrogen-bond acceptors (Lipinski definition) is 5. The van der Waals surface area contributed by atoms with Crippen molar-refractivity contribution in [2.24, 2.45) is 0 Å². The Morgan fingerprint density at radius 1 is 0.889 bits per heavy atom. The predicted octanol–water partition coefficient (Wildman–Crippen LogP) is 5.73. The van der Waals surface area contributed by atoms with Crippen LogP contribution >= 0.6 is 11.6 Å². The minimum Gasteiger partial charge on any atom is -0.476 e. The number of nitrogens with one attached hydrogen (secondary N) is 1. The second-order valence-electron chi connectivity index (χ2n) is 7.96. The third kappa shape index (κ3) is 4.86. The number of carbonyl (C=O) groups is 1. The van der Waals surface area contributed by atoms with E-state index in [0.717, 1.165) is 0 Å². The normalized spacial score (nSPS) is 14.9. The van der Waals surface area contributed by atoms with Crippen LogP contribution in [0.2, 0.25) is 5.02 Å². The molecule has 0 aliphatic carbocycles. The van der Waals surface area contributed by atoms with Gasteiger partial charge >= 0.3 is 0 Å². The molecule has 0 spiro atoms. The molecule has 0 saturated carbocycles. The van der Waals surface area contributed by atoms with E-state index in [2.05, 4.69) is 5.32 Å². The molecular formula is C27H21ClN2O5S. The lowest BCUT2D eigenvalue weighted by atomic mass is 10.2. The van der Waals surface area contributed by atoms with Crippen LogP contribution in [-0.4, -0.2) is 27.0 Å². The second-order valence-corrected chi connectivity index (χ2v) is 10.3. The average molecular weight is 521 g/mol. The molecule has 1 atom stereocenters. The lowest BCUT2D eigenvalue weighted by Crippen LogP contribution is -2.48. The molecule has 1 N–H and O–H groups in total. The second kappa shape index (κ2) is 9.93. The highest BCUT2D eigenvalue weighted by Gasteiger charge is 2.37. The summed E-state index contributed by atoms with van der Waals surface area (Å²) in [7, 11) is -3.99. The molecule has 1 aliphatic rings. The molecule has 0 radical (unpaired) electrons. The summed E-state index contributed by atoms with van der Waals surface area (Å²) in [5.74, 6) is 0.835. The van der Waals surface area contributed by atoms with Crippen molar-refractivity contribution in [3.63, 3.8) is 0 Å². The van der Waals surface area contributed by atoms with Crippen LogP contribution < -0.4 is 19.1 Å². The molecule has 1 aliphatic heterocycles. The summed E-state index contributed by atoms with van der Waals surface area (Å²) in [6, 6.07) is 28.8. The molecule has 1 amide bonds. The Morgan fingerprint density at radius 2 is 1.56 bits per heavy atom. The number of ether oxygens (including phenoxy) is 2. The number of halogens is 1. The first-order chi connectivity index (χ1) is 17.4. The van der Waals surface area contributed by atoms with Gasteiger partial charge in [-0.15, -0.1) is 0 Å². The average Bonchev–Trinajstić information content (AvgIpc) is 2.90. The molecule has 36 heavy (non-hydrogen) atoms. The maximum Gasteiger partial charge on any atom is 0.267 e. The molecule has 0 saturated heterocycles. The Bertz CT molecular complexity index is 1490. The van der Waals surface area contributed by atoms with Gasteiger partial charge in [-0.3, -0.25) is 9.10 Å². The van der Waals surface area contributed by atoms with E-state index in [4.69, 9.17) is 21.1 Å². The van der Waals surface area contributed by atoms with Crippen LogP contribution in [0.4, 0.5) is 11.4 Å². The number of carbonyl (C=O) groups excluding carboxylic acids is 1. The SMILES string of the molecule is O=C(Nc1ccccc1Oc1ccccc1)[C@@H]1CN(S(=O)(=O)c2ccc(Cl)cc2)c2ccccc2O1. The van der Waals surface area contributed by atoms with Crippen LogP contribution in [0.5, 0.6) is 17.2 Å². The van der Waals surface area contributed by atoms with Crippen molar-refractivity contribution in [2.45, 2.75) is 11.0 Å². The van der Waals surface area contributed by atoms with E-state index in [9.17, 15) is 13.2 Å². The number of hydrogen-bond donors (Lipinski definition) is 1. The van der Waals surface area contributed by atoms with Crippen LogP contribution in [0.3, 0.4) is 0 Å². The van der Waals surface area contributed by atoms with Crippen molar-refractivity contribution in [1.82, 2.24) is 0 Å². The van der Waals surface area contributed by atoms with Gasteiger partial charge in [0.15, 0.2) is 11.9 Å². The van der Waals surface area contributed by atoms with E-state index in [1.54, 1.807) is 60.7 Å². The smallest absolute Gasteiger partial charge is 0.267 e. The standard InChI is InChI=1S/C27H21ClN2O5S/c28-19-14-16-21(17-15-19)36(32,33)30-18-26(35-25-13-7-5-11-23(25)30)27(31)29-22-10-4-6-12-24(22)34-20-8-2-1-3-9-20/h1-17,26H,18H2,(H,29,31)/t26-/m0/s1. The molecule has 182 valence electrons. The summed E-state index contributed by atoms with van der Waals surface area (Å²) in [5, 5.41) is 3.24. The summed E-state index contributed by atoms with van der Waals surface area (Å²) >= 11 is 5.94. The van der Waals surface area contributed by atoms with E-state index < -0.39 is 22.0 Å². The van der Waals surface area contributed by atoms with Crippen LogP contribution in [0, 0.1) is 0 Å². The Labute approximate surface area is 213 Å². The van der Waals surface area contributed by atoms with Gasteiger partial charge in [-0.2, -0.15) is 0 Å². The Balaban J connectivity index is 1.42. The number of amides is 1. The zero-order valence-corrected chi connectivity index (χ0v) is 20.4. The summed E-state index contributed by atoms with van der Waals surface area (Å²) in [6.07, 6.45) is -1.10. The molecule has 0 fully saturated rings. The number of anilines is 2. The maximum absolute atomic E-state index is 13.5. The van der Waals surface area contributed by atoms with Crippen molar-refractivity contribution in [2.75, 3.05) is 16.2 Å². The van der Waals surface area contributed by atoms with Crippen molar-refractivity contribution in [1.29, 1.82) is 0 Å². The minimum atomic E-state index is -3.99. The van der Waals surface area contributed by atoms with Crippen LogP contribution in [0.15, 0.2) is 108 Å². The van der Waals surface area contributed by atoms with Gasteiger partial charge in [-0.05, 0) is 60.7 Å². The molecule has 4 aromatic carbocycles. The minimum absolute atomic E-state index is 0.0596. The highest BCUT2D eigenvalue weighted by molar-refractivity contribution is 7.92. The lowest BCUT2D eigenvalue weighted by molar-refractivity contribution is -0.122. The predicted molar refractivity (Wildman–Crippen MR) is 138 cm³/mol. The first-order valence-corrected chi connectivity index (χ1v) is 12.9. The summed E-state index contributed by atoms with van der Waals surface area (Å²) in [6.45, 7) is -0.213. The quantitative estimate of drug-likeness (QED) is 0.351. The van der Waals surface area contributed by atoms with Gasteiger partial charge in [0.1, 0.15) is 11.5 Å². The Morgan fingerprint density at radius 3 is 2.33 bits per heavy atom. The van der Waals surface area contributed by atoms with E-state index in [1.807, 2.05) is 18.2 Å². The van der Waals surface area contributed by atoms with Crippen molar-refractivity contribution in [3.05, 3.63) is 108 Å². The van der Waals surface area contributed by atoms with Gasteiger partial charge in [0.2, 0.25) is 0 Å². The molecule has 1 heterocycles. The fourth-order valence-electron chi connectivity index (χ4n) is 3.79. The third-order valence-electron chi connectivity index (χ3n) is 5.54. The van der Waals surface area contributed by atoms with Gasteiger partial charge in [0.05, 0.1) is 22.8 Å². The molecule has 9 heteroatoms. The van der Waals surface area contributed by atoms with E-state index in [-0.39, 0.29) is 17.2 Å². The molecule has 0 bridgehead atoms. The Hall–Kier alpha value is -4.01. The van der Waals surface area contributed by atoms with Crippen molar-refractivity contribution in [3.8, 4) is 17.2 Å². The van der Waals surface area contributed by atoms with E-state index in [1.165, 1.54) is 28.6 Å². The Kier molecular flexibility index (Phi) is 6.54. The van der Waals surface area contributed by atoms with E-state index >= 15 is 0 Å². The molecule has 7 nitrogen and oxygen atoms in total. The number of para-hydroxylation sites is 5. The first-order valence-electron chi connectivity index (χ1n) is 11.1. The summed E-state index contributed by atoms with van der Waals surface area (Å²) in [5.41, 5.74) is 0.783. The number of fused-ring (bicyclic) bond motifs is 1. The zero-order valence-electron chi connectivity index (χ0n) is 18.9. The van der Waals surface area contributed by atoms with Gasteiger partial charge < -0.3 is 14.8 Å². The summed E-state index contributed by atoms with van der Waals surface area (Å²) in [4.78, 5) is 13.4. The van der Waals surface area contributed by atoms with Crippen LogP contribution in [-0.2, 0) is 14.8 Å². The van der Waals surface area contributed by atoms with E-state index in [0.29, 0.717) is 27.9 Å². The fraction of sp³-hybridized carbons (Fsp3) is 0.0741. The van der Waals surface area contributed by atoms with Crippen molar-refractivity contribution < 1.29 is 22.7 Å². The fourth-order valence-corrected chi connectivity index (χ4v) is 5.39. The van der Waals surface area contributed by atoms with Gasteiger partial charge in [0, 0.05) is 5.02 Å². The van der Waals surface area contributed by atoms with Crippen LogP contribution in [0.1, 0.15) is 0 Å². The zero-order chi connectivity index (χ0) is 25.1. The molecule has 0 aromatic heterocycles. The highest BCUT2D eigenvalue weighted by Crippen LogP contribution is 2.37. The van der Waals surface area contributed by atoms with Gasteiger partial charge in [-0.25, -0.2) is 8.42 Å². The maximum atomic E-state index is 13.5. The number of benzene rings is 4. The first kappa shape index (κ1) is 23.7. The largest absolute Gasteiger partial charge is 0.476 e. The van der Waals surface area contributed by atoms with Gasteiger partial charge in [-0.1, -0.05) is 54.1 Å². The summed E-state index contributed by atoms with van der Waals surface area (Å²) < 4.78 is 40.1. The molecular weight excluding hydrogens is 500 g/mol. The highest BCUT2D eigenvalue weighted by atomic mass is 35.5. The molecule has 4 aromatic rings. The van der Waals surface area contributed by atoms with Gasteiger partial charge in [0.25, 0.3) is 15.9 Å². The molecule has 5 rings (SSSR count). The lowest BCUT2D eigenvalue weighted by Gasteiger charge is -2.34. The van der Waals surface area contributed by atoms with Crippen LogP contribution in [0.25, 0.3) is 0 Å². The number of nitrogens with zero attached hydrogens (tertiary/aromatic N) is 1. The number of sulfonamides is 1.